The first-order chi connectivity index (χ1) is 13.0. The Morgan fingerprint density at radius 1 is 0.963 bits per heavy atom. The molecule has 0 aliphatic heterocycles. The molecule has 0 fully saturated rings. The number of hydrogen-bond donors (Lipinski definition) is 2. The number of benzene rings is 2. The van der Waals surface area contributed by atoms with Crippen molar-refractivity contribution in [1.82, 2.24) is 9.97 Å². The molecule has 0 bridgehead atoms. The van der Waals surface area contributed by atoms with Crippen molar-refractivity contribution in [2.45, 2.75) is 6.61 Å². The second-order valence-electron chi connectivity index (χ2n) is 5.60. The highest BCUT2D eigenvalue weighted by Crippen LogP contribution is 2.17. The van der Waals surface area contributed by atoms with Crippen LogP contribution >= 0.6 is 0 Å². The second kappa shape index (κ2) is 7.96. The topological polar surface area (TPSA) is 118 Å². The van der Waals surface area contributed by atoms with Gasteiger partial charge in [-0.3, -0.25) is 19.9 Å². The molecule has 0 atom stereocenters. The van der Waals surface area contributed by atoms with Crippen molar-refractivity contribution in [2.24, 2.45) is 0 Å². The lowest BCUT2D eigenvalue weighted by Gasteiger charge is -2.06. The van der Waals surface area contributed by atoms with E-state index in [1.165, 1.54) is 6.08 Å². The zero-order valence-electron chi connectivity index (χ0n) is 14.0. The van der Waals surface area contributed by atoms with Crippen LogP contribution in [0.5, 0.6) is 5.75 Å². The molecule has 0 aliphatic carbocycles. The van der Waals surface area contributed by atoms with E-state index in [0.717, 1.165) is 11.1 Å². The summed E-state index contributed by atoms with van der Waals surface area (Å²) in [5.41, 5.74) is -0.973. The molecule has 1 aromatic heterocycles. The molecular weight excluding hydrogens is 350 g/mol. The molecule has 8 heteroatoms. The first kappa shape index (κ1) is 17.9. The lowest BCUT2D eigenvalue weighted by Crippen LogP contribution is -2.25. The average molecular weight is 365 g/mol. The number of ether oxygens (including phenoxy) is 1. The van der Waals surface area contributed by atoms with Crippen LogP contribution in [-0.4, -0.2) is 14.9 Å². The molecule has 27 heavy (non-hydrogen) atoms. The maximum absolute atomic E-state index is 11.6. The maximum Gasteiger partial charge on any atom is 0.357 e. The third kappa shape index (κ3) is 4.57. The fraction of sp³-hybridized carbons (Fsp3) is 0.0526. The van der Waals surface area contributed by atoms with Gasteiger partial charge < -0.3 is 9.72 Å². The van der Waals surface area contributed by atoms with Gasteiger partial charge in [-0.1, -0.05) is 48.5 Å². The molecule has 0 aliphatic rings. The molecule has 136 valence electrons. The van der Waals surface area contributed by atoms with Gasteiger partial charge in [0.1, 0.15) is 18.1 Å². The minimum atomic E-state index is -1.05. The molecule has 1 heterocycles. The van der Waals surface area contributed by atoms with Crippen LogP contribution in [0.3, 0.4) is 0 Å². The zero-order valence-corrected chi connectivity index (χ0v) is 14.0. The van der Waals surface area contributed by atoms with Gasteiger partial charge in [0.15, 0.2) is 0 Å². The van der Waals surface area contributed by atoms with Gasteiger partial charge in [-0.25, -0.2) is 4.79 Å². The summed E-state index contributed by atoms with van der Waals surface area (Å²) in [6, 6.07) is 16.8. The number of rotatable bonds is 6. The van der Waals surface area contributed by atoms with Gasteiger partial charge in [0.25, 0.3) is 0 Å². The van der Waals surface area contributed by atoms with Crippen molar-refractivity contribution in [2.75, 3.05) is 0 Å². The number of aromatic amines is 2. The maximum atomic E-state index is 11.6. The van der Waals surface area contributed by atoms with Crippen molar-refractivity contribution in [3.63, 3.8) is 0 Å². The number of H-pyrrole nitrogens is 2. The first-order valence-corrected chi connectivity index (χ1v) is 7.99. The largest absolute Gasteiger partial charge is 0.489 e. The Labute approximate surface area is 152 Å². The Kier molecular flexibility index (Phi) is 5.27. The third-order valence-electron chi connectivity index (χ3n) is 3.70. The molecule has 0 saturated carbocycles. The molecule has 2 N–H and O–H groups in total. The number of aromatic nitrogens is 2. The van der Waals surface area contributed by atoms with Crippen LogP contribution in [0.1, 0.15) is 16.8 Å². The predicted octanol–water partition coefficient (Wildman–Crippen LogP) is 2.72. The first-order valence-electron chi connectivity index (χ1n) is 7.99. The van der Waals surface area contributed by atoms with E-state index < -0.39 is 21.9 Å². The van der Waals surface area contributed by atoms with E-state index in [4.69, 9.17) is 4.74 Å². The van der Waals surface area contributed by atoms with Crippen LogP contribution < -0.4 is 16.0 Å². The molecule has 0 saturated heterocycles. The smallest absolute Gasteiger partial charge is 0.357 e. The normalized spacial score (nSPS) is 10.8. The van der Waals surface area contributed by atoms with Gasteiger partial charge in [-0.05, 0) is 29.3 Å². The Balaban J connectivity index is 1.74. The standard InChI is InChI=1S/C19H15N3O5/c23-18-17(22(25)26)16(20-19(24)21-18)11-8-13-6-9-15(10-7-13)27-12-14-4-2-1-3-5-14/h1-11H,12H2,(H2,20,21,23,24)/b11-8+. The van der Waals surface area contributed by atoms with Crippen molar-refractivity contribution in [1.29, 1.82) is 0 Å². The quantitative estimate of drug-likeness (QED) is 0.514. The van der Waals surface area contributed by atoms with Crippen molar-refractivity contribution in [3.05, 3.63) is 102 Å². The number of hydrogen-bond acceptors (Lipinski definition) is 5. The van der Waals surface area contributed by atoms with Gasteiger partial charge in [0, 0.05) is 0 Å². The summed E-state index contributed by atoms with van der Waals surface area (Å²) in [4.78, 5) is 37.2. The summed E-state index contributed by atoms with van der Waals surface area (Å²) in [6.45, 7) is 0.441. The molecule has 0 radical (unpaired) electrons. The monoisotopic (exact) mass is 365 g/mol. The van der Waals surface area contributed by atoms with Gasteiger partial charge >= 0.3 is 16.9 Å². The fourth-order valence-electron chi connectivity index (χ4n) is 2.39. The van der Waals surface area contributed by atoms with E-state index in [0.29, 0.717) is 12.4 Å². The number of nitrogens with zero attached hydrogens (tertiary/aromatic N) is 1. The minimum Gasteiger partial charge on any atom is -0.489 e. The van der Waals surface area contributed by atoms with Crippen LogP contribution in [0.25, 0.3) is 12.2 Å². The molecule has 3 rings (SSSR count). The molecule has 0 unspecified atom stereocenters. The summed E-state index contributed by atoms with van der Waals surface area (Å²) in [5, 5.41) is 11.0. The molecule has 8 nitrogen and oxygen atoms in total. The molecule has 2 aromatic carbocycles. The molecular formula is C19H15N3O5. The van der Waals surface area contributed by atoms with Crippen molar-refractivity contribution >= 4 is 17.8 Å². The van der Waals surface area contributed by atoms with Crippen molar-refractivity contribution in [3.8, 4) is 5.75 Å². The van der Waals surface area contributed by atoms with E-state index in [-0.39, 0.29) is 5.69 Å². The summed E-state index contributed by atoms with van der Waals surface area (Å²) in [5.74, 6) is 0.673. The Bertz CT molecular complexity index is 1080. The SMILES string of the molecule is O=c1[nH]c(/C=C/c2ccc(OCc3ccccc3)cc2)c([N+](=O)[O-])c(=O)[nH]1. The highest BCUT2D eigenvalue weighted by Gasteiger charge is 2.18. The van der Waals surface area contributed by atoms with Crippen LogP contribution in [0.2, 0.25) is 0 Å². The second-order valence-corrected chi connectivity index (χ2v) is 5.60. The Morgan fingerprint density at radius 2 is 1.67 bits per heavy atom. The fourth-order valence-corrected chi connectivity index (χ4v) is 2.39. The van der Waals surface area contributed by atoms with Crippen LogP contribution in [0.4, 0.5) is 5.69 Å². The van der Waals surface area contributed by atoms with Gasteiger partial charge in [0.2, 0.25) is 0 Å². The highest BCUT2D eigenvalue weighted by atomic mass is 16.6. The van der Waals surface area contributed by atoms with E-state index in [2.05, 4.69) is 4.98 Å². The zero-order chi connectivity index (χ0) is 19.2. The summed E-state index contributed by atoms with van der Waals surface area (Å²) in [7, 11) is 0. The third-order valence-corrected chi connectivity index (χ3v) is 3.70. The van der Waals surface area contributed by atoms with Gasteiger partial charge in [-0.15, -0.1) is 0 Å². The molecule has 0 spiro atoms. The van der Waals surface area contributed by atoms with Crippen LogP contribution in [0.15, 0.2) is 64.2 Å². The van der Waals surface area contributed by atoms with Crippen molar-refractivity contribution < 1.29 is 9.66 Å². The summed E-state index contributed by atoms with van der Waals surface area (Å²) < 4.78 is 5.69. The van der Waals surface area contributed by atoms with E-state index >= 15 is 0 Å². The summed E-state index contributed by atoms with van der Waals surface area (Å²) >= 11 is 0. The summed E-state index contributed by atoms with van der Waals surface area (Å²) in [6.07, 6.45) is 2.87. The minimum absolute atomic E-state index is 0.168. The highest BCUT2D eigenvalue weighted by molar-refractivity contribution is 5.71. The predicted molar refractivity (Wildman–Crippen MR) is 100 cm³/mol. The van der Waals surface area contributed by atoms with E-state index in [9.17, 15) is 19.7 Å². The van der Waals surface area contributed by atoms with Gasteiger partial charge in [-0.2, -0.15) is 0 Å². The van der Waals surface area contributed by atoms with E-state index in [1.807, 2.05) is 35.3 Å². The van der Waals surface area contributed by atoms with Gasteiger partial charge in [0.05, 0.1) is 4.92 Å². The number of nitrogens with one attached hydrogen (secondary N) is 2. The lowest BCUT2D eigenvalue weighted by atomic mass is 10.2. The Hall–Kier alpha value is -3.94. The van der Waals surface area contributed by atoms with Crippen LogP contribution in [-0.2, 0) is 6.61 Å². The van der Waals surface area contributed by atoms with Crippen LogP contribution in [0, 0.1) is 10.1 Å². The van der Waals surface area contributed by atoms with E-state index in [1.54, 1.807) is 30.3 Å². The lowest BCUT2D eigenvalue weighted by molar-refractivity contribution is -0.386. The average Bonchev–Trinajstić information content (AvgIpc) is 2.65. The molecule has 3 aromatic rings. The molecule has 0 amide bonds. The Morgan fingerprint density at radius 3 is 2.33 bits per heavy atom. The number of nitro groups is 1.